The summed E-state index contributed by atoms with van der Waals surface area (Å²) in [5.41, 5.74) is 0.876. The van der Waals surface area contributed by atoms with Gasteiger partial charge in [0.2, 0.25) is 0 Å². The van der Waals surface area contributed by atoms with Crippen LogP contribution in [0.3, 0.4) is 0 Å². The second-order valence-corrected chi connectivity index (χ2v) is 6.99. The summed E-state index contributed by atoms with van der Waals surface area (Å²) < 4.78 is 40.4. The molecule has 1 N–H and O–H groups in total. The molecule has 5 heteroatoms. The molecule has 1 aliphatic carbocycles. The van der Waals surface area contributed by atoms with Crippen LogP contribution in [-0.2, 0) is 0 Å². The maximum atomic E-state index is 12.2. The normalized spacial score (nSPS) is 28.2. The number of rotatable bonds is 3. The Morgan fingerprint density at radius 3 is 2.32 bits per heavy atom. The minimum absolute atomic E-state index is 0.0885. The van der Waals surface area contributed by atoms with Gasteiger partial charge in [-0.25, -0.2) is 0 Å². The Kier molecular flexibility index (Phi) is 4.64. The number of benzene rings is 1. The zero-order valence-corrected chi connectivity index (χ0v) is 13.2. The Morgan fingerprint density at radius 1 is 1.23 bits per heavy atom. The van der Waals surface area contributed by atoms with Gasteiger partial charge < -0.3 is 10.1 Å². The summed E-state index contributed by atoms with van der Waals surface area (Å²) in [5.74, 6) is 0.698. The fraction of sp³-hybridized carbons (Fsp3) is 0.588. The average molecular weight is 314 g/mol. The lowest BCUT2D eigenvalue weighted by molar-refractivity contribution is -0.274. The van der Waals surface area contributed by atoms with Crippen molar-refractivity contribution in [2.24, 2.45) is 17.3 Å². The third-order valence-corrected chi connectivity index (χ3v) is 4.30. The van der Waals surface area contributed by atoms with Gasteiger partial charge in [-0.3, -0.25) is 0 Å². The van der Waals surface area contributed by atoms with Crippen LogP contribution in [0.25, 0.3) is 0 Å². The standard InChI is InChI=1S/C17H23F3NO/c1-11-9-12(2)15(16(3,4)10-11)21-13-5-7-14(8-6-13)22-17(18,19)20/h5-8,11-12,15,21H,2,9-10H2,1,3-4H3/t11-,12+,15?/m0/s1. The summed E-state index contributed by atoms with van der Waals surface area (Å²) in [4.78, 5) is 0. The van der Waals surface area contributed by atoms with E-state index in [0.29, 0.717) is 5.92 Å². The molecule has 3 atom stereocenters. The zero-order valence-electron chi connectivity index (χ0n) is 13.2. The highest BCUT2D eigenvalue weighted by atomic mass is 19.4. The van der Waals surface area contributed by atoms with Crippen LogP contribution in [-0.4, -0.2) is 12.4 Å². The van der Waals surface area contributed by atoms with Crippen LogP contribution in [0.2, 0.25) is 0 Å². The molecule has 0 saturated heterocycles. The van der Waals surface area contributed by atoms with Crippen LogP contribution in [0.4, 0.5) is 18.9 Å². The van der Waals surface area contributed by atoms with Gasteiger partial charge in [0.05, 0.1) is 0 Å². The van der Waals surface area contributed by atoms with Gasteiger partial charge in [-0.15, -0.1) is 13.2 Å². The summed E-state index contributed by atoms with van der Waals surface area (Å²) in [6, 6.07) is 6.07. The molecule has 1 aliphatic rings. The monoisotopic (exact) mass is 314 g/mol. The van der Waals surface area contributed by atoms with Crippen LogP contribution >= 0.6 is 0 Å². The van der Waals surface area contributed by atoms with Crippen molar-refractivity contribution in [3.63, 3.8) is 0 Å². The molecule has 1 aromatic carbocycles. The third-order valence-electron chi connectivity index (χ3n) is 4.30. The van der Waals surface area contributed by atoms with Crippen molar-refractivity contribution in [2.45, 2.75) is 46.0 Å². The van der Waals surface area contributed by atoms with Gasteiger partial charge in [0.1, 0.15) is 5.75 Å². The molecule has 1 fully saturated rings. The molecule has 0 spiro atoms. The van der Waals surface area contributed by atoms with E-state index in [9.17, 15) is 13.2 Å². The summed E-state index contributed by atoms with van der Waals surface area (Å²) in [7, 11) is 0. The topological polar surface area (TPSA) is 21.3 Å². The fourth-order valence-electron chi connectivity index (χ4n) is 3.64. The first-order valence-corrected chi connectivity index (χ1v) is 7.52. The smallest absolute Gasteiger partial charge is 0.406 e. The van der Waals surface area contributed by atoms with E-state index >= 15 is 0 Å². The molecule has 1 saturated carbocycles. The third kappa shape index (κ3) is 4.31. The van der Waals surface area contributed by atoms with E-state index < -0.39 is 6.36 Å². The Balaban J connectivity index is 2.07. The van der Waals surface area contributed by atoms with E-state index in [0.717, 1.165) is 18.5 Å². The molecule has 0 heterocycles. The van der Waals surface area contributed by atoms with Crippen molar-refractivity contribution < 1.29 is 17.9 Å². The number of anilines is 1. The van der Waals surface area contributed by atoms with Gasteiger partial charge in [0, 0.05) is 11.7 Å². The van der Waals surface area contributed by atoms with Crippen molar-refractivity contribution in [3.8, 4) is 5.75 Å². The highest BCUT2D eigenvalue weighted by Gasteiger charge is 2.39. The largest absolute Gasteiger partial charge is 0.573 e. The molecule has 1 radical (unpaired) electrons. The average Bonchev–Trinajstić information content (AvgIpc) is 2.33. The summed E-state index contributed by atoms with van der Waals surface area (Å²) in [6.45, 7) is 10.9. The molecule has 2 nitrogen and oxygen atoms in total. The maximum Gasteiger partial charge on any atom is 0.573 e. The van der Waals surface area contributed by atoms with Gasteiger partial charge in [0.15, 0.2) is 0 Å². The second kappa shape index (κ2) is 6.01. The van der Waals surface area contributed by atoms with Gasteiger partial charge in [0.25, 0.3) is 0 Å². The Labute approximate surface area is 130 Å². The van der Waals surface area contributed by atoms with Gasteiger partial charge in [-0.2, -0.15) is 0 Å². The van der Waals surface area contributed by atoms with Crippen LogP contribution in [0.15, 0.2) is 24.3 Å². The van der Waals surface area contributed by atoms with Crippen LogP contribution in [0, 0.1) is 24.2 Å². The minimum atomic E-state index is -4.66. The van der Waals surface area contributed by atoms with E-state index in [1.807, 2.05) is 0 Å². The second-order valence-electron chi connectivity index (χ2n) is 6.99. The van der Waals surface area contributed by atoms with E-state index in [2.05, 4.69) is 37.7 Å². The van der Waals surface area contributed by atoms with E-state index in [-0.39, 0.29) is 23.1 Å². The number of ether oxygens (including phenoxy) is 1. The molecular formula is C17H23F3NO. The number of alkyl halides is 3. The lowest BCUT2D eigenvalue weighted by atomic mass is 9.65. The van der Waals surface area contributed by atoms with Crippen molar-refractivity contribution in [1.29, 1.82) is 0 Å². The van der Waals surface area contributed by atoms with Crippen LogP contribution < -0.4 is 10.1 Å². The molecule has 2 rings (SSSR count). The molecular weight excluding hydrogens is 291 g/mol. The Hall–Kier alpha value is -1.39. The first kappa shape index (κ1) is 17.0. The Morgan fingerprint density at radius 2 is 1.82 bits per heavy atom. The first-order valence-electron chi connectivity index (χ1n) is 7.52. The van der Waals surface area contributed by atoms with Crippen molar-refractivity contribution in [1.82, 2.24) is 0 Å². The van der Waals surface area contributed by atoms with Gasteiger partial charge in [-0.05, 0) is 61.3 Å². The minimum Gasteiger partial charge on any atom is -0.406 e. The van der Waals surface area contributed by atoms with E-state index in [1.165, 1.54) is 12.1 Å². The lowest BCUT2D eigenvalue weighted by Crippen LogP contribution is -2.46. The molecule has 0 aromatic heterocycles. The predicted octanol–water partition coefficient (Wildman–Crippen LogP) is 5.27. The number of hydrogen-bond acceptors (Lipinski definition) is 2. The summed E-state index contributed by atoms with van der Waals surface area (Å²) in [5, 5.41) is 3.43. The zero-order chi connectivity index (χ0) is 16.5. The summed E-state index contributed by atoms with van der Waals surface area (Å²) in [6.07, 6.45) is -2.50. The predicted molar refractivity (Wildman–Crippen MR) is 81.6 cm³/mol. The van der Waals surface area contributed by atoms with Crippen molar-refractivity contribution >= 4 is 5.69 Å². The SMILES string of the molecule is [CH2][C@@H]1C[C@H](C)CC(C)(C)C1Nc1ccc(OC(F)(F)F)cc1. The lowest BCUT2D eigenvalue weighted by Gasteiger charge is -2.46. The number of hydrogen-bond donors (Lipinski definition) is 1. The van der Waals surface area contributed by atoms with Crippen molar-refractivity contribution in [2.75, 3.05) is 5.32 Å². The van der Waals surface area contributed by atoms with Crippen LogP contribution in [0.1, 0.15) is 33.6 Å². The molecule has 1 aromatic rings. The van der Waals surface area contributed by atoms with E-state index in [4.69, 9.17) is 0 Å². The molecule has 1 unspecified atom stereocenters. The van der Waals surface area contributed by atoms with E-state index in [1.54, 1.807) is 12.1 Å². The van der Waals surface area contributed by atoms with Crippen molar-refractivity contribution in [3.05, 3.63) is 31.2 Å². The number of halogens is 3. The van der Waals surface area contributed by atoms with Gasteiger partial charge >= 0.3 is 6.36 Å². The molecule has 0 bridgehead atoms. The first-order chi connectivity index (χ1) is 10.1. The molecule has 22 heavy (non-hydrogen) atoms. The van der Waals surface area contributed by atoms with Gasteiger partial charge in [-0.1, -0.05) is 20.8 Å². The maximum absolute atomic E-state index is 12.2. The fourth-order valence-corrected chi connectivity index (χ4v) is 3.64. The summed E-state index contributed by atoms with van der Waals surface area (Å²) >= 11 is 0. The molecule has 123 valence electrons. The van der Waals surface area contributed by atoms with Crippen LogP contribution in [0.5, 0.6) is 5.75 Å². The number of nitrogens with one attached hydrogen (secondary N) is 1. The Bertz CT molecular complexity index is 496. The quantitative estimate of drug-likeness (QED) is 0.820. The molecule has 0 aliphatic heterocycles. The highest BCUT2D eigenvalue weighted by molar-refractivity contribution is 5.47. The molecule has 0 amide bonds. The highest BCUT2D eigenvalue weighted by Crippen LogP contribution is 2.43.